The Morgan fingerprint density at radius 3 is 1.33 bits per heavy atom. The van der Waals surface area contributed by atoms with E-state index in [1.807, 2.05) is 6.92 Å². The van der Waals surface area contributed by atoms with Crippen LogP contribution >= 0.6 is 0 Å². The summed E-state index contributed by atoms with van der Waals surface area (Å²) in [5, 5.41) is 0. The molecule has 0 aromatic rings. The molecule has 0 saturated carbocycles. The second-order valence-corrected chi connectivity index (χ2v) is 1.37. The zero-order valence-electron chi connectivity index (χ0n) is 7.36. The van der Waals surface area contributed by atoms with Gasteiger partial charge in [-0.2, -0.15) is 6.92 Å². The molecule has 0 bridgehead atoms. The molecule has 0 spiro atoms. The van der Waals surface area contributed by atoms with Crippen molar-refractivity contribution in [2.75, 3.05) is 0 Å². The van der Waals surface area contributed by atoms with Crippen molar-refractivity contribution < 1.29 is 32.7 Å². The predicted molar refractivity (Wildman–Crippen MR) is 42.6 cm³/mol. The van der Waals surface area contributed by atoms with Gasteiger partial charge in [0, 0.05) is 32.7 Å². The Hall–Kier alpha value is 0.844. The van der Waals surface area contributed by atoms with Gasteiger partial charge in [0.2, 0.25) is 0 Å². The van der Waals surface area contributed by atoms with Crippen molar-refractivity contribution in [1.82, 2.24) is 0 Å². The minimum atomic E-state index is 0. The third-order valence-electron chi connectivity index (χ3n) is 0.577. The standard InChI is InChI=1S/C5H10.C2H5.CH3.Y/c1-4-5(2)3;1-2;;/h4H,1-3H3;1H2,2H3;1H3;/q;2*-1;. The molecule has 1 heteroatoms. The third kappa shape index (κ3) is 51.2. The number of hydrogen-bond donors (Lipinski definition) is 0. The number of allylic oxidation sites excluding steroid dienone is 2. The van der Waals surface area contributed by atoms with Crippen LogP contribution < -0.4 is 0 Å². The van der Waals surface area contributed by atoms with Crippen molar-refractivity contribution >= 4 is 0 Å². The van der Waals surface area contributed by atoms with Crippen molar-refractivity contribution in [2.45, 2.75) is 27.7 Å². The molecule has 0 fully saturated rings. The molecule has 0 aliphatic rings. The van der Waals surface area contributed by atoms with Crippen molar-refractivity contribution in [3.8, 4) is 0 Å². The predicted octanol–water partition coefficient (Wildman–Crippen LogP) is 3.26. The van der Waals surface area contributed by atoms with E-state index in [4.69, 9.17) is 0 Å². The Kier molecular flexibility index (Phi) is 58.1. The monoisotopic (exact) mass is 203 g/mol. The van der Waals surface area contributed by atoms with Crippen LogP contribution in [0.1, 0.15) is 27.7 Å². The van der Waals surface area contributed by atoms with Crippen molar-refractivity contribution in [3.63, 3.8) is 0 Å². The van der Waals surface area contributed by atoms with E-state index in [2.05, 4.69) is 26.8 Å². The average molecular weight is 203 g/mol. The summed E-state index contributed by atoms with van der Waals surface area (Å²) in [6.07, 6.45) is 2.08. The summed E-state index contributed by atoms with van der Waals surface area (Å²) >= 11 is 0. The first-order valence-electron chi connectivity index (χ1n) is 2.57. The van der Waals surface area contributed by atoms with Gasteiger partial charge in [0.25, 0.3) is 0 Å². The molecule has 0 aliphatic carbocycles. The van der Waals surface area contributed by atoms with Gasteiger partial charge >= 0.3 is 0 Å². The quantitative estimate of drug-likeness (QED) is 0.418. The summed E-state index contributed by atoms with van der Waals surface area (Å²) in [6, 6.07) is 0. The fourth-order valence-corrected chi connectivity index (χ4v) is 0. The van der Waals surface area contributed by atoms with Gasteiger partial charge in [-0.1, -0.05) is 11.6 Å². The zero-order valence-corrected chi connectivity index (χ0v) is 10.2. The van der Waals surface area contributed by atoms with E-state index in [1.165, 1.54) is 5.57 Å². The Balaban J connectivity index is -0.0000000286. The molecule has 0 atom stereocenters. The number of rotatable bonds is 0. The Bertz CT molecular complexity index is 42.5. The molecule has 0 rings (SSSR count). The number of hydrogen-bond acceptors (Lipinski definition) is 0. The second kappa shape index (κ2) is 23.2. The summed E-state index contributed by atoms with van der Waals surface area (Å²) < 4.78 is 0. The first-order valence-corrected chi connectivity index (χ1v) is 2.57. The summed E-state index contributed by atoms with van der Waals surface area (Å²) in [4.78, 5) is 0. The maximum atomic E-state index is 3.25. The third-order valence-corrected chi connectivity index (χ3v) is 0.577. The normalized spacial score (nSPS) is 4.56. The van der Waals surface area contributed by atoms with Crippen LogP contribution in [0.2, 0.25) is 0 Å². The maximum Gasteiger partial charge on any atom is 0 e. The molecule has 0 unspecified atom stereocenters. The first kappa shape index (κ1) is 22.5. The van der Waals surface area contributed by atoms with Crippen LogP contribution in [0.15, 0.2) is 11.6 Å². The minimum absolute atomic E-state index is 0. The Morgan fingerprint density at radius 2 is 1.33 bits per heavy atom. The van der Waals surface area contributed by atoms with Gasteiger partial charge in [0.1, 0.15) is 0 Å². The van der Waals surface area contributed by atoms with E-state index in [1.54, 1.807) is 6.92 Å². The van der Waals surface area contributed by atoms with Crippen LogP contribution in [0, 0.1) is 14.4 Å². The SMILES string of the molecule is CC=C(C)C.[CH2-]C.[CH3-].[Y]. The van der Waals surface area contributed by atoms with E-state index in [0.717, 1.165) is 0 Å². The molecule has 0 aromatic heterocycles. The summed E-state index contributed by atoms with van der Waals surface area (Å²) in [6.45, 7) is 11.2. The molecule has 0 saturated heterocycles. The van der Waals surface area contributed by atoms with Crippen molar-refractivity contribution in [1.29, 1.82) is 0 Å². The molecule has 0 nitrogen and oxygen atoms in total. The van der Waals surface area contributed by atoms with Crippen LogP contribution in [0.5, 0.6) is 0 Å². The largest absolute Gasteiger partial charge is 0.358 e. The minimum Gasteiger partial charge on any atom is -0.358 e. The van der Waals surface area contributed by atoms with E-state index >= 15 is 0 Å². The molecular formula is C8H18Y-2. The van der Waals surface area contributed by atoms with Gasteiger partial charge in [-0.15, -0.1) is 0 Å². The van der Waals surface area contributed by atoms with Crippen molar-refractivity contribution in [3.05, 3.63) is 26.0 Å². The summed E-state index contributed by atoms with van der Waals surface area (Å²) in [5.41, 5.74) is 1.38. The molecule has 0 aromatic carbocycles. The van der Waals surface area contributed by atoms with E-state index in [9.17, 15) is 0 Å². The van der Waals surface area contributed by atoms with Crippen LogP contribution in [-0.4, -0.2) is 0 Å². The Morgan fingerprint density at radius 1 is 1.22 bits per heavy atom. The zero-order chi connectivity index (χ0) is 6.28. The van der Waals surface area contributed by atoms with Gasteiger partial charge in [0.15, 0.2) is 0 Å². The second-order valence-electron chi connectivity index (χ2n) is 1.37. The summed E-state index contributed by atoms with van der Waals surface area (Å²) in [7, 11) is 0. The summed E-state index contributed by atoms with van der Waals surface area (Å²) in [5.74, 6) is 0. The fraction of sp³-hybridized carbons (Fsp3) is 0.500. The van der Waals surface area contributed by atoms with Gasteiger partial charge in [-0.3, -0.25) is 0 Å². The Labute approximate surface area is 86.0 Å². The van der Waals surface area contributed by atoms with Crippen LogP contribution in [0.4, 0.5) is 0 Å². The van der Waals surface area contributed by atoms with E-state index in [0.29, 0.717) is 0 Å². The maximum absolute atomic E-state index is 3.25. The van der Waals surface area contributed by atoms with E-state index in [-0.39, 0.29) is 40.1 Å². The molecule has 0 amide bonds. The van der Waals surface area contributed by atoms with Gasteiger partial charge in [0.05, 0.1) is 0 Å². The van der Waals surface area contributed by atoms with Crippen LogP contribution in [0.25, 0.3) is 0 Å². The van der Waals surface area contributed by atoms with Gasteiger partial charge < -0.3 is 14.4 Å². The molecule has 55 valence electrons. The fourth-order valence-electron chi connectivity index (χ4n) is 0. The average Bonchev–Trinajstić information content (AvgIpc) is 1.73. The van der Waals surface area contributed by atoms with Crippen LogP contribution in [0.3, 0.4) is 0 Å². The molecule has 0 aliphatic heterocycles. The molecule has 1 radical (unpaired) electrons. The molecule has 0 N–H and O–H groups in total. The topological polar surface area (TPSA) is 0 Å². The smallest absolute Gasteiger partial charge is 0 e. The first-order chi connectivity index (χ1) is 3.27. The molecule has 9 heavy (non-hydrogen) atoms. The van der Waals surface area contributed by atoms with E-state index < -0.39 is 0 Å². The molecule has 0 heterocycles. The molecular weight excluding hydrogens is 185 g/mol. The van der Waals surface area contributed by atoms with Gasteiger partial charge in [-0.25, -0.2) is 0 Å². The van der Waals surface area contributed by atoms with Gasteiger partial charge in [-0.05, 0) is 20.8 Å². The van der Waals surface area contributed by atoms with Crippen LogP contribution in [-0.2, 0) is 32.7 Å². The van der Waals surface area contributed by atoms with Crippen molar-refractivity contribution in [2.24, 2.45) is 0 Å².